The number of rotatable bonds is 4. The fraction of sp³-hybridized carbons (Fsp3) is 0.500. The number of aryl methyl sites for hydroxylation is 1. The highest BCUT2D eigenvalue weighted by Crippen LogP contribution is 2.17. The van der Waals surface area contributed by atoms with Gasteiger partial charge < -0.3 is 15.5 Å². The van der Waals surface area contributed by atoms with Gasteiger partial charge in [-0.15, -0.1) is 0 Å². The molecule has 0 saturated heterocycles. The summed E-state index contributed by atoms with van der Waals surface area (Å²) in [4.78, 5) is 6.33. The van der Waals surface area contributed by atoms with E-state index >= 15 is 0 Å². The molecule has 0 fully saturated rings. The van der Waals surface area contributed by atoms with Gasteiger partial charge in [0.1, 0.15) is 0 Å². The summed E-state index contributed by atoms with van der Waals surface area (Å²) in [5, 5.41) is 6.34. The maximum Gasteiger partial charge on any atom is 0.190 e. The Bertz CT molecular complexity index is 381. The van der Waals surface area contributed by atoms with Crippen molar-refractivity contribution < 1.29 is 0 Å². The van der Waals surface area contributed by atoms with Gasteiger partial charge in [-0.25, -0.2) is 0 Å². The Kier molecular flexibility index (Phi) is 5.65. The van der Waals surface area contributed by atoms with Crippen LogP contribution in [-0.4, -0.2) is 45.6 Å². The molecule has 1 aromatic rings. The third kappa shape index (κ3) is 4.04. The highest BCUT2D eigenvalue weighted by atomic mass is 15.2. The van der Waals surface area contributed by atoms with E-state index in [4.69, 9.17) is 0 Å². The summed E-state index contributed by atoms with van der Waals surface area (Å²) in [5.41, 5.74) is 2.60. The number of likely N-dealkylation sites (N-methyl/N-ethyl adjacent to an activating group) is 1. The molecule has 2 N–H and O–H groups in total. The SMILES string of the molecule is CN=C(NC)NCC(c1ccc(C)cc1)N(C)C. The molecule has 18 heavy (non-hydrogen) atoms. The van der Waals surface area contributed by atoms with Crippen molar-refractivity contribution in [3.8, 4) is 0 Å². The summed E-state index contributed by atoms with van der Waals surface area (Å²) in [7, 11) is 7.82. The molecule has 1 atom stereocenters. The van der Waals surface area contributed by atoms with Gasteiger partial charge in [0, 0.05) is 20.6 Å². The average Bonchev–Trinajstić information content (AvgIpc) is 2.36. The lowest BCUT2D eigenvalue weighted by Crippen LogP contribution is -2.40. The lowest BCUT2D eigenvalue weighted by molar-refractivity contribution is 0.298. The molecule has 0 bridgehead atoms. The molecule has 100 valence electrons. The van der Waals surface area contributed by atoms with Crippen LogP contribution in [0.25, 0.3) is 0 Å². The van der Waals surface area contributed by atoms with Crippen molar-refractivity contribution >= 4 is 5.96 Å². The van der Waals surface area contributed by atoms with Crippen LogP contribution in [0.4, 0.5) is 0 Å². The first-order valence-electron chi connectivity index (χ1n) is 6.20. The maximum absolute atomic E-state index is 4.12. The van der Waals surface area contributed by atoms with E-state index in [-0.39, 0.29) is 0 Å². The number of hydrogen-bond donors (Lipinski definition) is 2. The summed E-state index contributed by atoms with van der Waals surface area (Å²) < 4.78 is 0. The van der Waals surface area contributed by atoms with Crippen molar-refractivity contribution in [2.75, 3.05) is 34.7 Å². The van der Waals surface area contributed by atoms with Crippen LogP contribution < -0.4 is 10.6 Å². The molecule has 0 spiro atoms. The molecular weight excluding hydrogens is 224 g/mol. The fourth-order valence-corrected chi connectivity index (χ4v) is 1.86. The molecule has 0 aromatic heterocycles. The van der Waals surface area contributed by atoms with Crippen LogP contribution in [0.3, 0.4) is 0 Å². The minimum absolute atomic E-state index is 0.329. The van der Waals surface area contributed by atoms with Crippen molar-refractivity contribution in [2.45, 2.75) is 13.0 Å². The van der Waals surface area contributed by atoms with Crippen LogP contribution in [0.1, 0.15) is 17.2 Å². The Hall–Kier alpha value is -1.55. The van der Waals surface area contributed by atoms with Crippen LogP contribution in [-0.2, 0) is 0 Å². The Balaban J connectivity index is 2.74. The summed E-state index contributed by atoms with van der Waals surface area (Å²) in [6.45, 7) is 2.93. The molecule has 0 aliphatic heterocycles. The molecule has 0 saturated carbocycles. The molecule has 0 amide bonds. The Morgan fingerprint density at radius 2 is 1.89 bits per heavy atom. The highest BCUT2D eigenvalue weighted by molar-refractivity contribution is 5.79. The summed E-state index contributed by atoms with van der Waals surface area (Å²) in [5.74, 6) is 0.814. The van der Waals surface area contributed by atoms with E-state index in [1.807, 2.05) is 7.05 Å². The van der Waals surface area contributed by atoms with Gasteiger partial charge in [0.2, 0.25) is 0 Å². The van der Waals surface area contributed by atoms with E-state index < -0.39 is 0 Å². The van der Waals surface area contributed by atoms with Crippen LogP contribution in [0, 0.1) is 6.92 Å². The van der Waals surface area contributed by atoms with E-state index in [1.165, 1.54) is 11.1 Å². The number of nitrogens with zero attached hydrogens (tertiary/aromatic N) is 2. The molecule has 0 aliphatic carbocycles. The van der Waals surface area contributed by atoms with E-state index in [9.17, 15) is 0 Å². The third-order valence-corrected chi connectivity index (χ3v) is 3.01. The standard InChI is InChI=1S/C14H24N4/c1-11-6-8-12(9-7-11)13(18(4)5)10-17-14(15-2)16-3/h6-9,13H,10H2,1-5H3,(H2,15,16,17). The monoisotopic (exact) mass is 248 g/mol. The lowest BCUT2D eigenvalue weighted by atomic mass is 10.0. The first-order chi connectivity index (χ1) is 8.58. The zero-order valence-corrected chi connectivity index (χ0v) is 12.0. The van der Waals surface area contributed by atoms with Crippen molar-refractivity contribution in [3.05, 3.63) is 35.4 Å². The Morgan fingerprint density at radius 3 is 2.33 bits per heavy atom. The first kappa shape index (κ1) is 14.5. The number of aliphatic imine (C=N–C) groups is 1. The molecule has 0 radical (unpaired) electrons. The van der Waals surface area contributed by atoms with E-state index in [0.717, 1.165) is 12.5 Å². The number of nitrogens with one attached hydrogen (secondary N) is 2. The molecule has 1 rings (SSSR count). The predicted molar refractivity (Wildman–Crippen MR) is 78.0 cm³/mol. The highest BCUT2D eigenvalue weighted by Gasteiger charge is 2.13. The minimum Gasteiger partial charge on any atom is -0.359 e. The van der Waals surface area contributed by atoms with Gasteiger partial charge >= 0.3 is 0 Å². The summed E-state index contributed by atoms with van der Waals surface area (Å²) in [6, 6.07) is 9.00. The fourth-order valence-electron chi connectivity index (χ4n) is 1.86. The van der Waals surface area contributed by atoms with Crippen LogP contribution in [0.5, 0.6) is 0 Å². The topological polar surface area (TPSA) is 39.7 Å². The van der Waals surface area contributed by atoms with Crippen LogP contribution in [0.15, 0.2) is 29.3 Å². The summed E-state index contributed by atoms with van der Waals surface area (Å²) in [6.07, 6.45) is 0. The zero-order valence-electron chi connectivity index (χ0n) is 12.0. The molecule has 1 unspecified atom stereocenters. The van der Waals surface area contributed by atoms with Crippen LogP contribution >= 0.6 is 0 Å². The van der Waals surface area contributed by atoms with Crippen molar-refractivity contribution in [1.29, 1.82) is 0 Å². The van der Waals surface area contributed by atoms with Gasteiger partial charge in [0.05, 0.1) is 6.04 Å². The largest absolute Gasteiger partial charge is 0.359 e. The van der Waals surface area contributed by atoms with Crippen molar-refractivity contribution in [2.24, 2.45) is 4.99 Å². The van der Waals surface area contributed by atoms with E-state index in [0.29, 0.717) is 6.04 Å². The normalized spacial score (nSPS) is 13.6. The number of guanidine groups is 1. The van der Waals surface area contributed by atoms with E-state index in [1.54, 1.807) is 7.05 Å². The van der Waals surface area contributed by atoms with Crippen molar-refractivity contribution in [1.82, 2.24) is 15.5 Å². The van der Waals surface area contributed by atoms with Gasteiger partial charge in [0.25, 0.3) is 0 Å². The zero-order chi connectivity index (χ0) is 13.5. The number of hydrogen-bond acceptors (Lipinski definition) is 2. The van der Waals surface area contributed by atoms with Gasteiger partial charge in [-0.05, 0) is 26.6 Å². The molecular formula is C14H24N4. The molecule has 0 aliphatic rings. The second kappa shape index (κ2) is 7.01. The first-order valence-corrected chi connectivity index (χ1v) is 6.20. The lowest BCUT2D eigenvalue weighted by Gasteiger charge is -2.26. The molecule has 4 heteroatoms. The molecule has 4 nitrogen and oxygen atoms in total. The second-order valence-electron chi connectivity index (χ2n) is 4.59. The average molecular weight is 248 g/mol. The maximum atomic E-state index is 4.12. The van der Waals surface area contributed by atoms with Gasteiger partial charge in [0.15, 0.2) is 5.96 Å². The number of benzene rings is 1. The predicted octanol–water partition coefficient (Wildman–Crippen LogP) is 1.39. The molecule has 1 aromatic carbocycles. The smallest absolute Gasteiger partial charge is 0.190 e. The Labute approximate surface area is 110 Å². The van der Waals surface area contributed by atoms with Gasteiger partial charge in [-0.3, -0.25) is 4.99 Å². The van der Waals surface area contributed by atoms with Gasteiger partial charge in [-0.2, -0.15) is 0 Å². The quantitative estimate of drug-likeness (QED) is 0.625. The summed E-state index contributed by atoms with van der Waals surface area (Å²) >= 11 is 0. The van der Waals surface area contributed by atoms with Crippen molar-refractivity contribution in [3.63, 3.8) is 0 Å². The molecule has 0 heterocycles. The second-order valence-corrected chi connectivity index (χ2v) is 4.59. The van der Waals surface area contributed by atoms with Crippen LogP contribution in [0.2, 0.25) is 0 Å². The third-order valence-electron chi connectivity index (χ3n) is 3.01. The van der Waals surface area contributed by atoms with E-state index in [2.05, 4.69) is 65.8 Å². The Morgan fingerprint density at radius 1 is 1.28 bits per heavy atom. The minimum atomic E-state index is 0.329. The van der Waals surface area contributed by atoms with Gasteiger partial charge in [-0.1, -0.05) is 29.8 Å².